The largest absolute Gasteiger partial charge is 0.495 e. The molecule has 0 aliphatic rings. The maximum Gasteiger partial charge on any atom is 0.265 e. The highest BCUT2D eigenvalue weighted by Gasteiger charge is 2.20. The fraction of sp³-hybridized carbons (Fsp3) is 0.294. The van der Waals surface area contributed by atoms with Crippen LogP contribution in [0.2, 0.25) is 0 Å². The van der Waals surface area contributed by atoms with E-state index in [2.05, 4.69) is 10.6 Å². The van der Waals surface area contributed by atoms with Gasteiger partial charge in [-0.2, -0.15) is 0 Å². The molecule has 0 saturated carbocycles. The Labute approximate surface area is 139 Å². The van der Waals surface area contributed by atoms with Gasteiger partial charge in [-0.3, -0.25) is 9.59 Å². The lowest BCUT2D eigenvalue weighted by Gasteiger charge is -2.14. The van der Waals surface area contributed by atoms with Gasteiger partial charge in [0.2, 0.25) is 5.91 Å². The molecule has 0 bridgehead atoms. The maximum absolute atomic E-state index is 12.3. The SMILES string of the molecule is COc1cc(C)sc1C(=O)N[C@H](C)C(=O)NCc1ccccc1. The number of rotatable bonds is 6. The molecule has 2 aromatic rings. The predicted molar refractivity (Wildman–Crippen MR) is 90.8 cm³/mol. The fourth-order valence-electron chi connectivity index (χ4n) is 2.07. The molecule has 1 atom stereocenters. The Balaban J connectivity index is 1.91. The van der Waals surface area contributed by atoms with Crippen molar-refractivity contribution in [1.82, 2.24) is 10.6 Å². The zero-order chi connectivity index (χ0) is 16.8. The summed E-state index contributed by atoms with van der Waals surface area (Å²) in [6.07, 6.45) is 0. The normalized spacial score (nSPS) is 11.6. The second-order valence-electron chi connectivity index (χ2n) is 5.15. The van der Waals surface area contributed by atoms with E-state index in [1.807, 2.05) is 37.3 Å². The second-order valence-corrected chi connectivity index (χ2v) is 6.41. The molecule has 0 spiro atoms. The van der Waals surface area contributed by atoms with E-state index in [0.717, 1.165) is 10.4 Å². The molecule has 122 valence electrons. The number of benzene rings is 1. The Hall–Kier alpha value is -2.34. The molecule has 0 radical (unpaired) electrons. The number of nitrogens with one attached hydrogen (secondary N) is 2. The van der Waals surface area contributed by atoms with Crippen molar-refractivity contribution in [3.05, 3.63) is 51.7 Å². The van der Waals surface area contributed by atoms with Gasteiger partial charge < -0.3 is 15.4 Å². The minimum absolute atomic E-state index is 0.227. The lowest BCUT2D eigenvalue weighted by molar-refractivity contribution is -0.122. The lowest BCUT2D eigenvalue weighted by Crippen LogP contribution is -2.44. The summed E-state index contributed by atoms with van der Waals surface area (Å²) in [7, 11) is 1.52. The third-order valence-electron chi connectivity index (χ3n) is 3.30. The van der Waals surface area contributed by atoms with E-state index in [1.54, 1.807) is 13.0 Å². The third-order valence-corrected chi connectivity index (χ3v) is 4.33. The van der Waals surface area contributed by atoms with Crippen LogP contribution in [0.15, 0.2) is 36.4 Å². The minimum atomic E-state index is -0.627. The summed E-state index contributed by atoms with van der Waals surface area (Å²) in [6.45, 7) is 3.99. The van der Waals surface area contributed by atoms with Gasteiger partial charge in [0, 0.05) is 11.4 Å². The van der Waals surface area contributed by atoms with E-state index in [1.165, 1.54) is 18.4 Å². The first-order valence-electron chi connectivity index (χ1n) is 7.28. The van der Waals surface area contributed by atoms with Crippen molar-refractivity contribution in [1.29, 1.82) is 0 Å². The maximum atomic E-state index is 12.3. The molecular weight excluding hydrogens is 312 g/mol. The Morgan fingerprint density at radius 1 is 1.26 bits per heavy atom. The Bertz CT molecular complexity index is 682. The van der Waals surface area contributed by atoms with Crippen LogP contribution in [0.3, 0.4) is 0 Å². The van der Waals surface area contributed by atoms with Crippen molar-refractivity contribution in [2.45, 2.75) is 26.4 Å². The monoisotopic (exact) mass is 332 g/mol. The second kappa shape index (κ2) is 7.78. The van der Waals surface area contributed by atoms with Crippen molar-refractivity contribution in [3.63, 3.8) is 0 Å². The van der Waals surface area contributed by atoms with Gasteiger partial charge in [0.25, 0.3) is 5.91 Å². The van der Waals surface area contributed by atoms with Crippen LogP contribution in [-0.2, 0) is 11.3 Å². The number of hydrogen-bond acceptors (Lipinski definition) is 4. The van der Waals surface area contributed by atoms with Crippen LogP contribution < -0.4 is 15.4 Å². The van der Waals surface area contributed by atoms with Crippen molar-refractivity contribution in [2.75, 3.05) is 7.11 Å². The average Bonchev–Trinajstić information content (AvgIpc) is 2.94. The first-order chi connectivity index (χ1) is 11.0. The first kappa shape index (κ1) is 17.0. The summed E-state index contributed by atoms with van der Waals surface area (Å²) in [6, 6.07) is 10.8. The Morgan fingerprint density at radius 3 is 2.61 bits per heavy atom. The van der Waals surface area contributed by atoms with Gasteiger partial charge in [0.15, 0.2) is 0 Å². The van der Waals surface area contributed by atoms with Gasteiger partial charge in [-0.1, -0.05) is 30.3 Å². The van der Waals surface area contributed by atoms with Gasteiger partial charge in [0.1, 0.15) is 16.7 Å². The topological polar surface area (TPSA) is 67.4 Å². The van der Waals surface area contributed by atoms with Crippen molar-refractivity contribution < 1.29 is 14.3 Å². The molecule has 1 aromatic carbocycles. The summed E-state index contributed by atoms with van der Waals surface area (Å²) in [4.78, 5) is 25.8. The Morgan fingerprint density at radius 2 is 1.96 bits per heavy atom. The highest BCUT2D eigenvalue weighted by Crippen LogP contribution is 2.28. The molecular formula is C17H20N2O3S. The summed E-state index contributed by atoms with van der Waals surface area (Å²) in [5, 5.41) is 5.51. The van der Waals surface area contributed by atoms with Crippen LogP contribution >= 0.6 is 11.3 Å². The number of thiophene rings is 1. The number of amides is 2. The van der Waals surface area contributed by atoms with Crippen LogP contribution in [0, 0.1) is 6.92 Å². The number of carbonyl (C=O) groups excluding carboxylic acids is 2. The summed E-state index contributed by atoms with van der Waals surface area (Å²) >= 11 is 1.34. The van der Waals surface area contributed by atoms with Gasteiger partial charge in [-0.25, -0.2) is 0 Å². The molecule has 0 aliphatic carbocycles. The third kappa shape index (κ3) is 4.56. The van der Waals surface area contributed by atoms with Crippen LogP contribution in [0.1, 0.15) is 27.0 Å². The highest BCUT2D eigenvalue weighted by atomic mass is 32.1. The molecule has 5 nitrogen and oxygen atoms in total. The van der Waals surface area contributed by atoms with Crippen molar-refractivity contribution >= 4 is 23.2 Å². The van der Waals surface area contributed by atoms with Crippen molar-refractivity contribution in [2.24, 2.45) is 0 Å². The van der Waals surface area contributed by atoms with Crippen molar-refractivity contribution in [3.8, 4) is 5.75 Å². The fourth-order valence-corrected chi connectivity index (χ4v) is 2.95. The van der Waals surface area contributed by atoms with E-state index in [4.69, 9.17) is 4.74 Å². The molecule has 2 amide bonds. The summed E-state index contributed by atoms with van der Waals surface area (Å²) in [5.74, 6) is -0.00125. The van der Waals surface area contributed by atoms with E-state index < -0.39 is 6.04 Å². The zero-order valence-electron chi connectivity index (χ0n) is 13.4. The molecule has 0 aliphatic heterocycles. The summed E-state index contributed by atoms with van der Waals surface area (Å²) in [5.41, 5.74) is 1.01. The molecule has 0 fully saturated rings. The smallest absolute Gasteiger partial charge is 0.265 e. The number of ether oxygens (including phenoxy) is 1. The lowest BCUT2D eigenvalue weighted by atomic mass is 10.2. The molecule has 6 heteroatoms. The van der Waals surface area contributed by atoms with Crippen LogP contribution in [0.4, 0.5) is 0 Å². The van der Waals surface area contributed by atoms with Gasteiger partial charge in [-0.15, -0.1) is 11.3 Å². The van der Waals surface area contributed by atoms with E-state index in [9.17, 15) is 9.59 Å². The number of hydrogen-bond donors (Lipinski definition) is 2. The molecule has 2 N–H and O–H groups in total. The molecule has 1 aromatic heterocycles. The Kier molecular flexibility index (Phi) is 5.76. The number of methoxy groups -OCH3 is 1. The minimum Gasteiger partial charge on any atom is -0.495 e. The zero-order valence-corrected chi connectivity index (χ0v) is 14.2. The average molecular weight is 332 g/mol. The molecule has 2 rings (SSSR count). The quantitative estimate of drug-likeness (QED) is 0.854. The van der Waals surface area contributed by atoms with E-state index in [0.29, 0.717) is 17.2 Å². The first-order valence-corrected chi connectivity index (χ1v) is 8.10. The molecule has 0 unspecified atom stereocenters. The highest BCUT2D eigenvalue weighted by molar-refractivity contribution is 7.14. The summed E-state index contributed by atoms with van der Waals surface area (Å²) < 4.78 is 5.18. The predicted octanol–water partition coefficient (Wildman–Crippen LogP) is 2.50. The van der Waals surface area contributed by atoms with Crippen LogP contribution in [-0.4, -0.2) is 25.0 Å². The van der Waals surface area contributed by atoms with E-state index >= 15 is 0 Å². The van der Waals surface area contributed by atoms with Gasteiger partial charge >= 0.3 is 0 Å². The number of aryl methyl sites for hydroxylation is 1. The number of carbonyl (C=O) groups is 2. The molecule has 0 saturated heterocycles. The van der Waals surface area contributed by atoms with Gasteiger partial charge in [-0.05, 0) is 25.5 Å². The van der Waals surface area contributed by atoms with Gasteiger partial charge in [0.05, 0.1) is 7.11 Å². The van der Waals surface area contributed by atoms with E-state index in [-0.39, 0.29) is 11.8 Å². The molecule has 23 heavy (non-hydrogen) atoms. The van der Waals surface area contributed by atoms with Crippen LogP contribution in [0.25, 0.3) is 0 Å². The standard InChI is InChI=1S/C17H20N2O3S/c1-11-9-14(22-3)15(23-11)17(21)19-12(2)16(20)18-10-13-7-5-4-6-8-13/h4-9,12H,10H2,1-3H3,(H,18,20)(H,19,21)/t12-/m1/s1. The molecule has 1 heterocycles. The van der Waals surface area contributed by atoms with Crippen LogP contribution in [0.5, 0.6) is 5.75 Å².